The molecular weight excluding hydrogens is 252 g/mol. The van der Waals surface area contributed by atoms with Crippen molar-refractivity contribution in [2.24, 2.45) is 0 Å². The van der Waals surface area contributed by atoms with E-state index in [2.05, 4.69) is 26.0 Å². The van der Waals surface area contributed by atoms with Crippen molar-refractivity contribution >= 4 is 17.3 Å². The lowest BCUT2D eigenvalue weighted by atomic mass is 10.1. The van der Waals surface area contributed by atoms with Crippen LogP contribution in [0.25, 0.3) is 5.78 Å². The first-order valence-electron chi connectivity index (χ1n) is 6.50. The summed E-state index contributed by atoms with van der Waals surface area (Å²) in [5.41, 5.74) is 10.2. The van der Waals surface area contributed by atoms with E-state index in [-0.39, 0.29) is 0 Å². The van der Waals surface area contributed by atoms with Gasteiger partial charge in [0.2, 0.25) is 0 Å². The van der Waals surface area contributed by atoms with Crippen molar-refractivity contribution in [2.75, 3.05) is 10.6 Å². The van der Waals surface area contributed by atoms with E-state index in [9.17, 15) is 0 Å². The van der Waals surface area contributed by atoms with Crippen LogP contribution in [0.5, 0.6) is 0 Å². The highest BCUT2D eigenvalue weighted by molar-refractivity contribution is 5.54. The average Bonchev–Trinajstić information content (AvgIpc) is 3.02. The van der Waals surface area contributed by atoms with Gasteiger partial charge in [0, 0.05) is 30.5 Å². The highest BCUT2D eigenvalue weighted by Gasteiger charge is 2.22. The largest absolute Gasteiger partial charge is 0.399 e. The Balaban J connectivity index is 1.80. The quantitative estimate of drug-likeness (QED) is 0.676. The number of benzene rings is 1. The molecule has 0 saturated carbocycles. The van der Waals surface area contributed by atoms with Gasteiger partial charge in [0.25, 0.3) is 5.78 Å². The molecule has 3 aromatic rings. The van der Waals surface area contributed by atoms with E-state index < -0.39 is 0 Å². The molecule has 20 heavy (non-hydrogen) atoms. The molecule has 0 saturated heterocycles. The molecule has 0 spiro atoms. The monoisotopic (exact) mass is 266 g/mol. The van der Waals surface area contributed by atoms with Gasteiger partial charge in [-0.3, -0.25) is 0 Å². The molecule has 100 valence electrons. The predicted molar refractivity (Wildman–Crippen MR) is 76.3 cm³/mol. The fourth-order valence-corrected chi connectivity index (χ4v) is 2.71. The third kappa shape index (κ3) is 1.61. The van der Waals surface area contributed by atoms with Crippen LogP contribution in [0.15, 0.2) is 30.6 Å². The smallest absolute Gasteiger partial charge is 0.254 e. The molecule has 1 aliphatic heterocycles. The highest BCUT2D eigenvalue weighted by Crippen LogP contribution is 2.29. The van der Waals surface area contributed by atoms with E-state index in [1.807, 2.05) is 25.1 Å². The normalized spacial score (nSPS) is 13.9. The summed E-state index contributed by atoms with van der Waals surface area (Å²) in [6, 6.07) is 8.13. The lowest BCUT2D eigenvalue weighted by Crippen LogP contribution is -2.19. The lowest BCUT2D eigenvalue weighted by molar-refractivity contribution is 0.800. The summed E-state index contributed by atoms with van der Waals surface area (Å²) in [6.45, 7) is 3.66. The third-order valence-corrected chi connectivity index (χ3v) is 3.64. The maximum Gasteiger partial charge on any atom is 0.254 e. The van der Waals surface area contributed by atoms with Crippen molar-refractivity contribution in [3.63, 3.8) is 0 Å². The van der Waals surface area contributed by atoms with E-state index in [4.69, 9.17) is 5.73 Å². The molecule has 0 radical (unpaired) electrons. The molecule has 0 fully saturated rings. The van der Waals surface area contributed by atoms with Crippen molar-refractivity contribution < 1.29 is 0 Å². The van der Waals surface area contributed by atoms with Crippen LogP contribution < -0.4 is 10.6 Å². The summed E-state index contributed by atoms with van der Waals surface area (Å²) >= 11 is 0. The van der Waals surface area contributed by atoms with Gasteiger partial charge in [0.15, 0.2) is 0 Å². The Labute approximate surface area is 115 Å². The fourth-order valence-electron chi connectivity index (χ4n) is 2.71. The Bertz CT molecular complexity index is 807. The summed E-state index contributed by atoms with van der Waals surface area (Å²) in [4.78, 5) is 10.8. The Hall–Kier alpha value is -2.63. The number of aryl methyl sites for hydroxylation is 1. The molecule has 0 unspecified atom stereocenters. The van der Waals surface area contributed by atoms with Gasteiger partial charge in [-0.25, -0.2) is 4.98 Å². The topological polar surface area (TPSA) is 72.3 Å². The van der Waals surface area contributed by atoms with Gasteiger partial charge in [-0.15, -0.1) is 0 Å². The first-order chi connectivity index (χ1) is 9.70. The van der Waals surface area contributed by atoms with Gasteiger partial charge in [0.1, 0.15) is 12.1 Å². The molecule has 4 rings (SSSR count). The molecule has 1 aliphatic rings. The van der Waals surface area contributed by atoms with Crippen LogP contribution in [-0.4, -0.2) is 19.6 Å². The molecule has 0 bridgehead atoms. The Morgan fingerprint density at radius 2 is 2.00 bits per heavy atom. The van der Waals surface area contributed by atoms with Crippen molar-refractivity contribution in [1.82, 2.24) is 19.6 Å². The standard InChI is InChI=1S/C14H14N6/c1-9-4-13(20-14(18-9)16-8-17-20)19-6-10-2-3-12(15)5-11(10)7-19/h2-5,8H,6-7,15H2,1H3. The number of hydrogen-bond donors (Lipinski definition) is 1. The maximum absolute atomic E-state index is 5.86. The molecule has 0 aliphatic carbocycles. The van der Waals surface area contributed by atoms with E-state index in [0.717, 1.165) is 30.3 Å². The Morgan fingerprint density at radius 1 is 1.15 bits per heavy atom. The molecule has 2 aromatic heterocycles. The van der Waals surface area contributed by atoms with Gasteiger partial charge in [0.05, 0.1) is 0 Å². The van der Waals surface area contributed by atoms with E-state index in [1.54, 1.807) is 4.52 Å². The number of hydrogen-bond acceptors (Lipinski definition) is 5. The summed E-state index contributed by atoms with van der Waals surface area (Å²) in [5.74, 6) is 1.65. The van der Waals surface area contributed by atoms with Crippen LogP contribution in [0.4, 0.5) is 11.5 Å². The second-order valence-electron chi connectivity index (χ2n) is 5.11. The molecule has 1 aromatic carbocycles. The van der Waals surface area contributed by atoms with E-state index in [0.29, 0.717) is 5.78 Å². The molecule has 6 heteroatoms. The minimum absolute atomic E-state index is 0.635. The maximum atomic E-state index is 5.86. The van der Waals surface area contributed by atoms with Crippen molar-refractivity contribution in [2.45, 2.75) is 20.0 Å². The second-order valence-corrected chi connectivity index (χ2v) is 5.11. The van der Waals surface area contributed by atoms with Crippen LogP contribution in [0, 0.1) is 6.92 Å². The molecule has 2 N–H and O–H groups in total. The number of rotatable bonds is 1. The van der Waals surface area contributed by atoms with Crippen LogP contribution in [0.1, 0.15) is 16.8 Å². The van der Waals surface area contributed by atoms with Crippen LogP contribution in [0.2, 0.25) is 0 Å². The molecule has 0 amide bonds. The van der Waals surface area contributed by atoms with Gasteiger partial charge in [-0.05, 0) is 30.2 Å². The average molecular weight is 266 g/mol. The molecule has 3 heterocycles. The molecule has 0 atom stereocenters. The van der Waals surface area contributed by atoms with Gasteiger partial charge in [-0.2, -0.15) is 14.6 Å². The first kappa shape index (κ1) is 11.2. The highest BCUT2D eigenvalue weighted by atomic mass is 15.4. The van der Waals surface area contributed by atoms with Crippen LogP contribution in [0.3, 0.4) is 0 Å². The predicted octanol–water partition coefficient (Wildman–Crippen LogP) is 1.54. The minimum atomic E-state index is 0.635. The second kappa shape index (κ2) is 3.93. The van der Waals surface area contributed by atoms with Gasteiger partial charge in [-0.1, -0.05) is 6.07 Å². The minimum Gasteiger partial charge on any atom is -0.399 e. The first-order valence-corrected chi connectivity index (χ1v) is 6.50. The summed E-state index contributed by atoms with van der Waals surface area (Å²) < 4.78 is 1.78. The van der Waals surface area contributed by atoms with Crippen molar-refractivity contribution in [3.05, 3.63) is 47.4 Å². The van der Waals surface area contributed by atoms with Crippen molar-refractivity contribution in [3.8, 4) is 0 Å². The van der Waals surface area contributed by atoms with E-state index >= 15 is 0 Å². The van der Waals surface area contributed by atoms with Crippen LogP contribution >= 0.6 is 0 Å². The SMILES string of the molecule is Cc1cc(N2Cc3ccc(N)cc3C2)n2ncnc2n1. The van der Waals surface area contributed by atoms with Gasteiger partial charge >= 0.3 is 0 Å². The zero-order chi connectivity index (χ0) is 13.7. The lowest BCUT2D eigenvalue weighted by Gasteiger charge is -2.18. The summed E-state index contributed by atoms with van der Waals surface area (Å²) in [6.07, 6.45) is 1.53. The number of nitrogens with two attached hydrogens (primary N) is 1. The van der Waals surface area contributed by atoms with Gasteiger partial charge < -0.3 is 10.6 Å². The third-order valence-electron chi connectivity index (χ3n) is 3.64. The number of nitrogen functional groups attached to an aromatic ring is 1. The Kier molecular flexibility index (Phi) is 2.20. The van der Waals surface area contributed by atoms with E-state index in [1.165, 1.54) is 17.5 Å². The summed E-state index contributed by atoms with van der Waals surface area (Å²) in [5, 5.41) is 4.26. The Morgan fingerprint density at radius 3 is 2.90 bits per heavy atom. The number of aromatic nitrogens is 4. The zero-order valence-corrected chi connectivity index (χ0v) is 11.1. The molecule has 6 nitrogen and oxygen atoms in total. The fraction of sp³-hybridized carbons (Fsp3) is 0.214. The summed E-state index contributed by atoms with van der Waals surface area (Å²) in [7, 11) is 0. The number of fused-ring (bicyclic) bond motifs is 2. The number of nitrogens with zero attached hydrogens (tertiary/aromatic N) is 5. The number of anilines is 2. The molecular formula is C14H14N6. The van der Waals surface area contributed by atoms with Crippen LogP contribution in [-0.2, 0) is 13.1 Å². The zero-order valence-electron chi connectivity index (χ0n) is 11.1. The van der Waals surface area contributed by atoms with Crippen molar-refractivity contribution in [1.29, 1.82) is 0 Å².